The zero-order valence-electron chi connectivity index (χ0n) is 49.1. The first-order valence-electron chi connectivity index (χ1n) is 30.4. The fourth-order valence-corrected chi connectivity index (χ4v) is 8.56. The molecule has 0 aliphatic heterocycles. The summed E-state index contributed by atoms with van der Waals surface area (Å²) in [6.07, 6.45) is 73.0. The number of carbonyl (C=O) groups is 3. The molecule has 12 heteroatoms. The van der Waals surface area contributed by atoms with Gasteiger partial charge in [0.05, 0.1) is 19.8 Å². The third-order valence-electron chi connectivity index (χ3n) is 12.3. The van der Waals surface area contributed by atoms with Crippen LogP contribution in [0.15, 0.2) is 122 Å². The lowest BCUT2D eigenvalue weighted by Crippen LogP contribution is -2.30. The second-order valence-electron chi connectivity index (χ2n) is 19.7. The van der Waals surface area contributed by atoms with Gasteiger partial charge in [0, 0.05) is 19.3 Å². The molecule has 0 aromatic heterocycles. The Morgan fingerprint density at radius 1 is 0.372 bits per heavy atom. The Labute approximate surface area is 475 Å². The number of allylic oxidation sites excluding steroid dienone is 20. The smallest absolute Gasteiger partial charge is 0.462 e. The molecule has 11 nitrogen and oxygen atoms in total. The summed E-state index contributed by atoms with van der Waals surface area (Å²) in [5.41, 5.74) is 0. The van der Waals surface area contributed by atoms with Gasteiger partial charge < -0.3 is 24.2 Å². The molecule has 0 aromatic carbocycles. The fraction of sp³-hybridized carbons (Fsp3) is 0.652. The van der Waals surface area contributed by atoms with Crippen LogP contribution < -0.4 is 0 Å². The molecule has 0 aliphatic carbocycles. The minimum Gasteiger partial charge on any atom is -0.462 e. The topological polar surface area (TPSA) is 155 Å². The van der Waals surface area contributed by atoms with Gasteiger partial charge in [0.2, 0.25) is 0 Å². The molecule has 444 valence electrons. The Hall–Kier alpha value is -4.12. The number of phosphoric acid groups is 1. The van der Waals surface area contributed by atoms with Crippen LogP contribution in [0.3, 0.4) is 0 Å². The molecule has 2 N–H and O–H groups in total. The normalized spacial score (nSPS) is 14.2. The quantitative estimate of drug-likeness (QED) is 0.0197. The zero-order valence-corrected chi connectivity index (χ0v) is 50.0. The van der Waals surface area contributed by atoms with Gasteiger partial charge in [0.25, 0.3) is 0 Å². The summed E-state index contributed by atoms with van der Waals surface area (Å²) in [6, 6.07) is 0. The number of unbranched alkanes of at least 4 members (excludes halogenated alkanes) is 18. The van der Waals surface area contributed by atoms with Crippen molar-refractivity contribution in [1.29, 1.82) is 0 Å². The molecule has 0 rings (SSSR count). The number of phosphoric ester groups is 1. The van der Waals surface area contributed by atoms with Crippen LogP contribution >= 0.6 is 7.82 Å². The third kappa shape index (κ3) is 56.6. The van der Waals surface area contributed by atoms with Gasteiger partial charge in [-0.25, -0.2) is 4.57 Å². The summed E-state index contributed by atoms with van der Waals surface area (Å²) < 4.78 is 39.6. The largest absolute Gasteiger partial charge is 0.472 e. The minimum absolute atomic E-state index is 0.117. The van der Waals surface area contributed by atoms with Crippen LogP contribution in [-0.2, 0) is 42.2 Å². The fourth-order valence-electron chi connectivity index (χ4n) is 7.78. The van der Waals surface area contributed by atoms with E-state index in [0.29, 0.717) is 19.3 Å². The number of hydrogen-bond donors (Lipinski definition) is 2. The van der Waals surface area contributed by atoms with Crippen molar-refractivity contribution >= 4 is 25.7 Å². The van der Waals surface area contributed by atoms with E-state index in [1.165, 1.54) is 57.8 Å². The summed E-state index contributed by atoms with van der Waals surface area (Å²) >= 11 is 0. The van der Waals surface area contributed by atoms with Gasteiger partial charge in [-0.3, -0.25) is 23.4 Å². The maximum Gasteiger partial charge on any atom is 0.472 e. The van der Waals surface area contributed by atoms with E-state index in [2.05, 4.69) is 142 Å². The number of esters is 3. The number of hydrogen-bond acceptors (Lipinski definition) is 10. The Balaban J connectivity index is 4.81. The van der Waals surface area contributed by atoms with Crippen LogP contribution in [-0.4, -0.2) is 66.5 Å². The molecule has 0 bridgehead atoms. The predicted molar refractivity (Wildman–Crippen MR) is 325 cm³/mol. The molecule has 0 amide bonds. The van der Waals surface area contributed by atoms with Crippen molar-refractivity contribution in [2.24, 2.45) is 0 Å². The van der Waals surface area contributed by atoms with Gasteiger partial charge in [-0.1, -0.05) is 213 Å². The van der Waals surface area contributed by atoms with Crippen molar-refractivity contribution in [2.75, 3.05) is 26.4 Å². The summed E-state index contributed by atoms with van der Waals surface area (Å²) in [6.45, 7) is 4.31. The van der Waals surface area contributed by atoms with Crippen LogP contribution in [0.4, 0.5) is 0 Å². The van der Waals surface area contributed by atoms with Crippen molar-refractivity contribution in [2.45, 2.75) is 251 Å². The van der Waals surface area contributed by atoms with Crippen LogP contribution in [0.25, 0.3) is 0 Å². The van der Waals surface area contributed by atoms with Gasteiger partial charge in [0.15, 0.2) is 6.10 Å². The van der Waals surface area contributed by atoms with Crippen LogP contribution in [0, 0.1) is 0 Å². The third-order valence-corrected chi connectivity index (χ3v) is 13.3. The van der Waals surface area contributed by atoms with Gasteiger partial charge in [-0.15, -0.1) is 0 Å². The Morgan fingerprint density at radius 2 is 0.667 bits per heavy atom. The summed E-state index contributed by atoms with van der Waals surface area (Å²) in [4.78, 5) is 48.7. The molecule has 0 heterocycles. The molecule has 0 spiro atoms. The van der Waals surface area contributed by atoms with E-state index in [0.717, 1.165) is 122 Å². The summed E-state index contributed by atoms with van der Waals surface area (Å²) in [5.74, 6) is -1.55. The molecule has 0 aliphatic rings. The van der Waals surface area contributed by atoms with Crippen molar-refractivity contribution in [3.05, 3.63) is 122 Å². The monoisotopic (exact) mass is 1110 g/mol. The molecule has 3 unspecified atom stereocenters. The van der Waals surface area contributed by atoms with E-state index < -0.39 is 57.8 Å². The highest BCUT2D eigenvalue weighted by atomic mass is 31.2. The molecule has 78 heavy (non-hydrogen) atoms. The highest BCUT2D eigenvalue weighted by molar-refractivity contribution is 7.47. The zero-order chi connectivity index (χ0) is 56.9. The van der Waals surface area contributed by atoms with Gasteiger partial charge >= 0.3 is 25.7 Å². The average Bonchev–Trinajstić information content (AvgIpc) is 3.43. The first kappa shape index (κ1) is 73.9. The maximum atomic E-state index is 12.9. The minimum atomic E-state index is -4.78. The van der Waals surface area contributed by atoms with Crippen molar-refractivity contribution < 1.29 is 52.2 Å². The predicted octanol–water partition coefficient (Wildman–Crippen LogP) is 18.4. The SMILES string of the molecule is CC/C=C\C/C=C\C/C=C\C/C=C\CCCCCCC(=O)OCC(COP(=O)(O)OCC(CO)OC(=O)CCCC/C=C\C/C=C\C/C=C\C/C=C\CC)OC(=O)CCCCCCCCCCC/C=C\C/C=C\CCCCC. The van der Waals surface area contributed by atoms with Gasteiger partial charge in [-0.2, -0.15) is 0 Å². The number of aliphatic hydroxyl groups is 1. The lowest BCUT2D eigenvalue weighted by Gasteiger charge is -2.21. The number of carbonyl (C=O) groups excluding carboxylic acids is 3. The van der Waals surface area contributed by atoms with E-state index in [-0.39, 0.29) is 25.9 Å². The Morgan fingerprint density at radius 3 is 1.05 bits per heavy atom. The Bertz CT molecular complexity index is 1770. The van der Waals surface area contributed by atoms with E-state index >= 15 is 0 Å². The molecule has 0 saturated heterocycles. The van der Waals surface area contributed by atoms with Gasteiger partial charge in [-0.05, 0) is 128 Å². The second kappa shape index (κ2) is 59.0. The summed E-state index contributed by atoms with van der Waals surface area (Å²) in [7, 11) is -4.78. The first-order chi connectivity index (χ1) is 38.2. The van der Waals surface area contributed by atoms with Gasteiger partial charge in [0.1, 0.15) is 12.7 Å². The van der Waals surface area contributed by atoms with Crippen LogP contribution in [0.1, 0.15) is 239 Å². The average molecular weight is 1110 g/mol. The lowest BCUT2D eigenvalue weighted by atomic mass is 10.1. The highest BCUT2D eigenvalue weighted by Gasteiger charge is 2.28. The molecule has 0 fully saturated rings. The number of aliphatic hydroxyl groups excluding tert-OH is 1. The first-order valence-corrected chi connectivity index (χ1v) is 31.9. The van der Waals surface area contributed by atoms with Crippen molar-refractivity contribution in [3.8, 4) is 0 Å². The molecule has 3 atom stereocenters. The molecular weight excluding hydrogens is 1000 g/mol. The lowest BCUT2D eigenvalue weighted by molar-refractivity contribution is -0.161. The van der Waals surface area contributed by atoms with Crippen LogP contribution in [0.5, 0.6) is 0 Å². The Kier molecular flexibility index (Phi) is 55.9. The van der Waals surface area contributed by atoms with Crippen LogP contribution in [0.2, 0.25) is 0 Å². The number of ether oxygens (including phenoxy) is 3. The maximum absolute atomic E-state index is 12.9. The van der Waals surface area contributed by atoms with E-state index in [4.69, 9.17) is 23.3 Å². The molecule has 0 saturated carbocycles. The highest BCUT2D eigenvalue weighted by Crippen LogP contribution is 2.43. The molecule has 0 aromatic rings. The standard InChI is InChI=1S/C66H109O11P/c1-4-7-10-13-16-19-22-25-28-30-31-33-36-39-42-45-48-51-54-57-66(70)77-63(59-73-64(68)55-52-49-46-43-40-37-35-32-29-26-23-20-17-14-11-8-5-2)61-75-78(71,72)74-60-62(58-67)76-65(69)56-53-50-47-44-41-38-34-27-24-21-18-15-12-9-6-3/h8-9,11-12,16-21,25-29,34-35,37,41,44,62-63,67H,4-7,10,13-15,22-24,30-33,36,38-40,42-43,45-61H2,1-3H3,(H,71,72)/b11-8-,12-9-,19-16-,20-17-,21-18-,28-25-,29-26-,34-27-,37-35-,44-41-. The van der Waals surface area contributed by atoms with Crippen molar-refractivity contribution in [3.63, 3.8) is 0 Å². The van der Waals surface area contributed by atoms with E-state index in [9.17, 15) is 28.9 Å². The van der Waals surface area contributed by atoms with Crippen molar-refractivity contribution in [1.82, 2.24) is 0 Å². The van der Waals surface area contributed by atoms with E-state index in [1.807, 2.05) is 0 Å². The summed E-state index contributed by atoms with van der Waals surface area (Å²) in [5, 5.41) is 9.83. The molecule has 0 radical (unpaired) electrons. The molecular formula is C66H109O11P. The van der Waals surface area contributed by atoms with E-state index in [1.54, 1.807) is 0 Å². The number of rotatable bonds is 55. The second-order valence-corrected chi connectivity index (χ2v) is 21.2.